The number of benzene rings is 1. The first-order valence-corrected chi connectivity index (χ1v) is 5.76. The molecule has 2 rings (SSSR count). The van der Waals surface area contributed by atoms with Gasteiger partial charge >= 0.3 is 0 Å². The number of carbonyl (C=O) groups is 1. The summed E-state index contributed by atoms with van der Waals surface area (Å²) in [7, 11) is 1.62. The maximum Gasteiger partial charge on any atom is 0.251 e. The highest BCUT2D eigenvalue weighted by Gasteiger charge is 2.15. The molecule has 1 N–H and O–H groups in total. The molecule has 0 spiro atoms. The topological polar surface area (TPSA) is 47.6 Å². The van der Waals surface area contributed by atoms with Gasteiger partial charge in [0.15, 0.2) is 0 Å². The largest absolute Gasteiger partial charge is 0.493 e. The predicted molar refractivity (Wildman–Crippen MR) is 64.4 cm³/mol. The zero-order valence-corrected chi connectivity index (χ0v) is 10.2. The minimum absolute atomic E-state index is 0.0111. The van der Waals surface area contributed by atoms with Crippen LogP contribution in [0.1, 0.15) is 22.8 Å². The van der Waals surface area contributed by atoms with Gasteiger partial charge < -0.3 is 14.8 Å². The first-order chi connectivity index (χ1) is 8.20. The van der Waals surface area contributed by atoms with Crippen LogP contribution in [0.15, 0.2) is 18.2 Å². The van der Waals surface area contributed by atoms with Crippen LogP contribution >= 0.6 is 0 Å². The summed E-state index contributed by atoms with van der Waals surface area (Å²) in [5, 5.41) is 2.88. The Hall–Kier alpha value is -1.55. The van der Waals surface area contributed by atoms with Crippen molar-refractivity contribution >= 4 is 5.91 Å². The minimum atomic E-state index is -0.0655. The third-order valence-electron chi connectivity index (χ3n) is 2.75. The number of rotatable bonds is 4. The zero-order valence-electron chi connectivity index (χ0n) is 10.2. The fraction of sp³-hybridized carbons (Fsp3) is 0.462. The molecule has 17 heavy (non-hydrogen) atoms. The van der Waals surface area contributed by atoms with Gasteiger partial charge in [0, 0.05) is 25.1 Å². The molecule has 1 aromatic carbocycles. The molecule has 1 atom stereocenters. The summed E-state index contributed by atoms with van der Waals surface area (Å²) >= 11 is 0. The molecule has 0 saturated heterocycles. The SMILES string of the molecule is COC[C@@H](C)NC(=O)c1ccc2c(c1)CCO2. The van der Waals surface area contributed by atoms with E-state index < -0.39 is 0 Å². The highest BCUT2D eigenvalue weighted by molar-refractivity contribution is 5.94. The van der Waals surface area contributed by atoms with Crippen LogP contribution in [0.5, 0.6) is 5.75 Å². The first-order valence-electron chi connectivity index (χ1n) is 5.76. The molecule has 4 heteroatoms. The highest BCUT2D eigenvalue weighted by Crippen LogP contribution is 2.25. The molecule has 0 aliphatic carbocycles. The number of hydrogen-bond donors (Lipinski definition) is 1. The number of nitrogens with one attached hydrogen (secondary N) is 1. The maximum atomic E-state index is 11.9. The smallest absolute Gasteiger partial charge is 0.251 e. The van der Waals surface area contributed by atoms with E-state index in [1.165, 1.54) is 0 Å². The summed E-state index contributed by atoms with van der Waals surface area (Å²) in [5.74, 6) is 0.829. The minimum Gasteiger partial charge on any atom is -0.493 e. The lowest BCUT2D eigenvalue weighted by Gasteiger charge is -2.13. The third-order valence-corrected chi connectivity index (χ3v) is 2.75. The van der Waals surface area contributed by atoms with E-state index in [9.17, 15) is 4.79 Å². The predicted octanol–water partition coefficient (Wildman–Crippen LogP) is 1.39. The fourth-order valence-electron chi connectivity index (χ4n) is 1.93. The van der Waals surface area contributed by atoms with Crippen molar-refractivity contribution in [1.82, 2.24) is 5.32 Å². The average molecular weight is 235 g/mol. The normalized spacial score (nSPS) is 14.9. The van der Waals surface area contributed by atoms with E-state index >= 15 is 0 Å². The monoisotopic (exact) mass is 235 g/mol. The summed E-state index contributed by atoms with van der Waals surface area (Å²) < 4.78 is 10.4. The summed E-state index contributed by atoms with van der Waals surface area (Å²) in [6.07, 6.45) is 0.879. The highest BCUT2D eigenvalue weighted by atomic mass is 16.5. The Labute approximate surface area is 101 Å². The molecule has 1 aliphatic rings. The van der Waals surface area contributed by atoms with Gasteiger partial charge in [-0.15, -0.1) is 0 Å². The van der Waals surface area contributed by atoms with Gasteiger partial charge in [0.05, 0.1) is 13.2 Å². The Kier molecular flexibility index (Phi) is 3.64. The van der Waals surface area contributed by atoms with Crippen LogP contribution in [0.3, 0.4) is 0 Å². The molecular formula is C13H17NO3. The van der Waals surface area contributed by atoms with Crippen LogP contribution in [0, 0.1) is 0 Å². The molecule has 1 heterocycles. The van der Waals surface area contributed by atoms with E-state index in [0.717, 1.165) is 17.7 Å². The third kappa shape index (κ3) is 2.77. The van der Waals surface area contributed by atoms with Gasteiger partial charge in [0.25, 0.3) is 5.91 Å². The summed E-state index contributed by atoms with van der Waals surface area (Å²) in [6, 6.07) is 5.56. The van der Waals surface area contributed by atoms with E-state index in [0.29, 0.717) is 18.8 Å². The van der Waals surface area contributed by atoms with Crippen LogP contribution in [0.25, 0.3) is 0 Å². The van der Waals surface area contributed by atoms with Crippen molar-refractivity contribution in [1.29, 1.82) is 0 Å². The molecule has 0 radical (unpaired) electrons. The summed E-state index contributed by atoms with van der Waals surface area (Å²) in [5.41, 5.74) is 1.79. The number of ether oxygens (including phenoxy) is 2. The van der Waals surface area contributed by atoms with Crippen molar-refractivity contribution in [2.24, 2.45) is 0 Å². The lowest BCUT2D eigenvalue weighted by atomic mass is 10.1. The number of amides is 1. The quantitative estimate of drug-likeness (QED) is 0.857. The molecule has 0 fully saturated rings. The molecule has 1 aromatic rings. The van der Waals surface area contributed by atoms with E-state index in [1.807, 2.05) is 19.1 Å². The van der Waals surface area contributed by atoms with Crippen LogP contribution < -0.4 is 10.1 Å². The van der Waals surface area contributed by atoms with Gasteiger partial charge in [0.1, 0.15) is 5.75 Å². The lowest BCUT2D eigenvalue weighted by Crippen LogP contribution is -2.35. The number of fused-ring (bicyclic) bond motifs is 1. The van der Waals surface area contributed by atoms with Crippen LogP contribution in [0.4, 0.5) is 0 Å². The van der Waals surface area contributed by atoms with Crippen LogP contribution in [-0.2, 0) is 11.2 Å². The second kappa shape index (κ2) is 5.19. The van der Waals surface area contributed by atoms with Crippen molar-refractivity contribution in [3.05, 3.63) is 29.3 Å². The lowest BCUT2D eigenvalue weighted by molar-refractivity contribution is 0.0905. The Morgan fingerprint density at radius 2 is 2.41 bits per heavy atom. The van der Waals surface area contributed by atoms with Crippen LogP contribution in [0.2, 0.25) is 0 Å². The second-order valence-electron chi connectivity index (χ2n) is 4.25. The van der Waals surface area contributed by atoms with Gasteiger partial charge in [-0.05, 0) is 30.7 Å². The van der Waals surface area contributed by atoms with Crippen molar-refractivity contribution in [2.75, 3.05) is 20.3 Å². The number of methoxy groups -OCH3 is 1. The van der Waals surface area contributed by atoms with E-state index in [1.54, 1.807) is 13.2 Å². The molecule has 0 bridgehead atoms. The standard InChI is InChI=1S/C13H17NO3/c1-9(8-16-2)14-13(15)11-3-4-12-10(7-11)5-6-17-12/h3-4,7,9H,5-6,8H2,1-2H3,(H,14,15)/t9-/m1/s1. The molecule has 4 nitrogen and oxygen atoms in total. The number of hydrogen-bond acceptors (Lipinski definition) is 3. The van der Waals surface area contributed by atoms with Gasteiger partial charge in [0.2, 0.25) is 0 Å². The number of carbonyl (C=O) groups excluding carboxylic acids is 1. The van der Waals surface area contributed by atoms with Crippen molar-refractivity contribution in [3.63, 3.8) is 0 Å². The van der Waals surface area contributed by atoms with E-state index in [2.05, 4.69) is 5.32 Å². The van der Waals surface area contributed by atoms with E-state index in [-0.39, 0.29) is 11.9 Å². The van der Waals surface area contributed by atoms with Crippen molar-refractivity contribution < 1.29 is 14.3 Å². The van der Waals surface area contributed by atoms with Gasteiger partial charge in [-0.3, -0.25) is 4.79 Å². The Balaban J connectivity index is 2.04. The first kappa shape index (κ1) is 11.9. The zero-order chi connectivity index (χ0) is 12.3. The Morgan fingerprint density at radius 3 is 3.18 bits per heavy atom. The second-order valence-corrected chi connectivity index (χ2v) is 4.25. The Bertz CT molecular complexity index is 417. The summed E-state index contributed by atoms with van der Waals surface area (Å²) in [6.45, 7) is 3.14. The molecule has 1 aliphatic heterocycles. The molecule has 0 saturated carbocycles. The van der Waals surface area contributed by atoms with E-state index in [4.69, 9.17) is 9.47 Å². The van der Waals surface area contributed by atoms with Crippen molar-refractivity contribution in [3.8, 4) is 5.75 Å². The Morgan fingerprint density at radius 1 is 1.59 bits per heavy atom. The van der Waals surface area contributed by atoms with Gasteiger partial charge in [-0.2, -0.15) is 0 Å². The molecular weight excluding hydrogens is 218 g/mol. The van der Waals surface area contributed by atoms with Gasteiger partial charge in [-0.25, -0.2) is 0 Å². The van der Waals surface area contributed by atoms with Crippen LogP contribution in [-0.4, -0.2) is 32.3 Å². The fourth-order valence-corrected chi connectivity index (χ4v) is 1.93. The average Bonchev–Trinajstić information content (AvgIpc) is 2.75. The molecule has 0 aromatic heterocycles. The molecule has 1 amide bonds. The molecule has 0 unspecified atom stereocenters. The van der Waals surface area contributed by atoms with Crippen molar-refractivity contribution in [2.45, 2.75) is 19.4 Å². The molecule has 92 valence electrons. The summed E-state index contributed by atoms with van der Waals surface area (Å²) in [4.78, 5) is 11.9. The maximum absolute atomic E-state index is 11.9. The van der Waals surface area contributed by atoms with Gasteiger partial charge in [-0.1, -0.05) is 0 Å².